The number of benzene rings is 2. The Bertz CT molecular complexity index is 888. The molecule has 1 amide bonds. The Balaban J connectivity index is 2.07. The highest BCUT2D eigenvalue weighted by Gasteiger charge is 2.22. The fourth-order valence-corrected chi connectivity index (χ4v) is 2.47. The zero-order valence-electron chi connectivity index (χ0n) is 13.2. The maximum absolute atomic E-state index is 12.2. The molecule has 2 aromatic rings. The Morgan fingerprint density at radius 1 is 1.12 bits per heavy atom. The second-order valence-electron chi connectivity index (χ2n) is 5.08. The summed E-state index contributed by atoms with van der Waals surface area (Å²) in [4.78, 5) is 34.4. The van der Waals surface area contributed by atoms with Gasteiger partial charge >= 0.3 is 5.97 Å². The molecule has 0 bridgehead atoms. The van der Waals surface area contributed by atoms with E-state index in [0.29, 0.717) is 0 Å². The Labute approximate surface area is 162 Å². The van der Waals surface area contributed by atoms with E-state index in [9.17, 15) is 19.7 Å². The molecule has 0 aromatic heterocycles. The number of nitro groups is 1. The highest BCUT2D eigenvalue weighted by molar-refractivity contribution is 6.35. The van der Waals surface area contributed by atoms with Gasteiger partial charge in [-0.15, -0.1) is 0 Å². The van der Waals surface area contributed by atoms with Gasteiger partial charge < -0.3 is 10.1 Å². The number of carbonyl (C=O) groups excluding carboxylic acids is 2. The molecule has 1 atom stereocenters. The zero-order valence-corrected chi connectivity index (χ0v) is 15.4. The Morgan fingerprint density at radius 2 is 1.81 bits per heavy atom. The molecular weight excluding hydrogens is 407 g/mol. The average Bonchev–Trinajstić information content (AvgIpc) is 2.58. The van der Waals surface area contributed by atoms with Gasteiger partial charge in [-0.2, -0.15) is 0 Å². The number of halogens is 3. The molecule has 0 aliphatic heterocycles. The molecule has 0 radical (unpaired) electrons. The van der Waals surface area contributed by atoms with Crippen LogP contribution in [-0.2, 0) is 9.53 Å². The number of hydrogen-bond acceptors (Lipinski definition) is 5. The van der Waals surface area contributed by atoms with Gasteiger partial charge in [0, 0.05) is 17.2 Å². The highest BCUT2D eigenvalue weighted by Crippen LogP contribution is 2.27. The van der Waals surface area contributed by atoms with Gasteiger partial charge in [0.1, 0.15) is 0 Å². The van der Waals surface area contributed by atoms with Crippen molar-refractivity contribution in [2.45, 2.75) is 13.0 Å². The van der Waals surface area contributed by atoms with E-state index in [1.165, 1.54) is 37.3 Å². The lowest BCUT2D eigenvalue weighted by Crippen LogP contribution is -2.30. The molecule has 10 heteroatoms. The van der Waals surface area contributed by atoms with Gasteiger partial charge in [0.15, 0.2) is 6.10 Å². The second-order valence-corrected chi connectivity index (χ2v) is 6.33. The minimum absolute atomic E-state index is 0.0205. The molecule has 0 spiro atoms. The van der Waals surface area contributed by atoms with Crippen molar-refractivity contribution in [2.24, 2.45) is 0 Å². The van der Waals surface area contributed by atoms with E-state index in [2.05, 4.69) is 5.32 Å². The number of rotatable bonds is 5. The van der Waals surface area contributed by atoms with Crippen LogP contribution in [0.25, 0.3) is 0 Å². The minimum Gasteiger partial charge on any atom is -0.449 e. The first-order valence-electron chi connectivity index (χ1n) is 7.10. The van der Waals surface area contributed by atoms with Crippen molar-refractivity contribution < 1.29 is 19.2 Å². The van der Waals surface area contributed by atoms with Crippen molar-refractivity contribution in [2.75, 3.05) is 5.32 Å². The molecule has 7 nitrogen and oxygen atoms in total. The quantitative estimate of drug-likeness (QED) is 0.430. The van der Waals surface area contributed by atoms with Gasteiger partial charge in [-0.05, 0) is 31.2 Å². The summed E-state index contributed by atoms with van der Waals surface area (Å²) in [5.41, 5.74) is -0.0544. The van der Waals surface area contributed by atoms with Crippen LogP contribution in [0.1, 0.15) is 17.3 Å². The van der Waals surface area contributed by atoms with Crippen molar-refractivity contribution in [3.8, 4) is 0 Å². The Morgan fingerprint density at radius 3 is 2.42 bits per heavy atom. The number of hydrogen-bond donors (Lipinski definition) is 1. The second kappa shape index (κ2) is 8.35. The number of non-ortho nitro benzene ring substituents is 1. The Kier molecular flexibility index (Phi) is 6.42. The summed E-state index contributed by atoms with van der Waals surface area (Å²) in [7, 11) is 0. The van der Waals surface area contributed by atoms with Crippen molar-refractivity contribution in [1.29, 1.82) is 0 Å². The van der Waals surface area contributed by atoms with Crippen LogP contribution in [0, 0.1) is 10.1 Å². The number of carbonyl (C=O) groups is 2. The van der Waals surface area contributed by atoms with E-state index >= 15 is 0 Å². The van der Waals surface area contributed by atoms with Crippen LogP contribution in [0.4, 0.5) is 11.4 Å². The lowest BCUT2D eigenvalue weighted by molar-refractivity contribution is -0.384. The van der Waals surface area contributed by atoms with Gasteiger partial charge in [0.2, 0.25) is 0 Å². The number of ether oxygens (including phenoxy) is 1. The molecule has 136 valence electrons. The predicted molar refractivity (Wildman–Crippen MR) is 98.1 cm³/mol. The molecule has 0 aliphatic carbocycles. The summed E-state index contributed by atoms with van der Waals surface area (Å²) in [5.74, 6) is -1.50. The molecule has 2 aromatic carbocycles. The smallest absolute Gasteiger partial charge is 0.340 e. The number of nitro benzene ring substituents is 1. The van der Waals surface area contributed by atoms with Crippen molar-refractivity contribution in [3.05, 3.63) is 67.1 Å². The largest absolute Gasteiger partial charge is 0.449 e. The number of nitrogens with one attached hydrogen (secondary N) is 1. The summed E-state index contributed by atoms with van der Waals surface area (Å²) < 4.78 is 5.06. The fourth-order valence-electron chi connectivity index (χ4n) is 1.88. The van der Waals surface area contributed by atoms with Gasteiger partial charge in [-0.3, -0.25) is 14.9 Å². The zero-order chi connectivity index (χ0) is 19.4. The maximum Gasteiger partial charge on any atom is 0.340 e. The average molecular weight is 418 g/mol. The van der Waals surface area contributed by atoms with Crippen LogP contribution < -0.4 is 5.32 Å². The van der Waals surface area contributed by atoms with Crippen molar-refractivity contribution >= 4 is 58.1 Å². The fraction of sp³-hybridized carbons (Fsp3) is 0.125. The van der Waals surface area contributed by atoms with E-state index in [-0.39, 0.29) is 32.0 Å². The third kappa shape index (κ3) is 4.85. The van der Waals surface area contributed by atoms with E-state index in [0.717, 1.165) is 6.07 Å². The molecule has 0 saturated carbocycles. The number of anilines is 1. The lowest BCUT2D eigenvalue weighted by atomic mass is 10.2. The van der Waals surface area contributed by atoms with Gasteiger partial charge in [-0.25, -0.2) is 4.79 Å². The first-order chi connectivity index (χ1) is 12.2. The monoisotopic (exact) mass is 416 g/mol. The summed E-state index contributed by atoms with van der Waals surface area (Å²) in [6.45, 7) is 1.35. The first kappa shape index (κ1) is 20.0. The van der Waals surface area contributed by atoms with Crippen molar-refractivity contribution in [3.63, 3.8) is 0 Å². The minimum atomic E-state index is -1.18. The number of amides is 1. The third-order valence-corrected chi connectivity index (χ3v) is 4.10. The summed E-state index contributed by atoms with van der Waals surface area (Å²) in [6.07, 6.45) is -1.18. The van der Waals surface area contributed by atoms with Gasteiger partial charge in [0.25, 0.3) is 11.6 Å². The van der Waals surface area contributed by atoms with Gasteiger partial charge in [-0.1, -0.05) is 34.8 Å². The predicted octanol–water partition coefficient (Wildman–Crippen LogP) is 4.74. The lowest BCUT2D eigenvalue weighted by Gasteiger charge is -2.14. The molecule has 1 unspecified atom stereocenters. The van der Waals surface area contributed by atoms with Crippen LogP contribution in [-0.4, -0.2) is 22.9 Å². The molecule has 0 saturated heterocycles. The first-order valence-corrected chi connectivity index (χ1v) is 8.23. The molecule has 26 heavy (non-hydrogen) atoms. The summed E-state index contributed by atoms with van der Waals surface area (Å²) in [6, 6.07) is 7.82. The molecule has 1 N–H and O–H groups in total. The summed E-state index contributed by atoms with van der Waals surface area (Å²) in [5, 5.41) is 13.5. The number of esters is 1. The SMILES string of the molecule is CC(OC(=O)c1cc(Cl)ccc1Cl)C(=O)Nc1ccc([N+](=O)[O-])cc1Cl. The van der Waals surface area contributed by atoms with Gasteiger partial charge in [0.05, 0.1) is 26.2 Å². The van der Waals surface area contributed by atoms with Crippen LogP contribution in [0.2, 0.25) is 15.1 Å². The van der Waals surface area contributed by atoms with Crippen molar-refractivity contribution in [1.82, 2.24) is 0 Å². The number of nitrogens with zero attached hydrogens (tertiary/aromatic N) is 1. The molecule has 0 heterocycles. The van der Waals surface area contributed by atoms with E-state index < -0.39 is 22.9 Å². The topological polar surface area (TPSA) is 98.5 Å². The molecule has 0 aliphatic rings. The standard InChI is InChI=1S/C16H11Cl3N2O5/c1-8(26-16(23)11-6-9(17)2-4-12(11)18)15(22)20-14-5-3-10(21(24)25)7-13(14)19/h2-8H,1H3,(H,20,22). The molecule has 0 fully saturated rings. The molecule has 2 rings (SSSR count). The third-order valence-electron chi connectivity index (χ3n) is 3.22. The van der Waals surface area contributed by atoms with E-state index in [1.807, 2.05) is 0 Å². The Hall–Kier alpha value is -2.35. The van der Waals surface area contributed by atoms with E-state index in [1.54, 1.807) is 0 Å². The maximum atomic E-state index is 12.2. The molecular formula is C16H11Cl3N2O5. The van der Waals surface area contributed by atoms with Crippen LogP contribution >= 0.6 is 34.8 Å². The summed E-state index contributed by atoms with van der Waals surface area (Å²) >= 11 is 17.6. The van der Waals surface area contributed by atoms with Crippen LogP contribution in [0.5, 0.6) is 0 Å². The van der Waals surface area contributed by atoms with Crippen LogP contribution in [0.15, 0.2) is 36.4 Å². The van der Waals surface area contributed by atoms with E-state index in [4.69, 9.17) is 39.5 Å². The highest BCUT2D eigenvalue weighted by atomic mass is 35.5. The normalized spacial score (nSPS) is 11.5. The van der Waals surface area contributed by atoms with Crippen LogP contribution in [0.3, 0.4) is 0 Å².